The second kappa shape index (κ2) is 18.5. The van der Waals surface area contributed by atoms with Crippen molar-refractivity contribution >= 4 is 51.0 Å². The number of nitrogens with two attached hydrogens (primary N) is 1. The molecular weight excluding hydrogens is 567 g/mol. The van der Waals surface area contributed by atoms with Gasteiger partial charge in [-0.3, -0.25) is 0 Å². The van der Waals surface area contributed by atoms with Gasteiger partial charge in [0.25, 0.3) is 0 Å². The van der Waals surface area contributed by atoms with Crippen LogP contribution in [0.4, 0.5) is 16.8 Å². The molecule has 5 heterocycles. The summed E-state index contributed by atoms with van der Waals surface area (Å²) in [7, 11) is 0. The first-order valence-electron chi connectivity index (χ1n) is 11.3. The molecule has 0 saturated carbocycles. The third kappa shape index (κ3) is 14.3. The first-order valence-corrected chi connectivity index (χ1v) is 13.3. The molecule has 11 nitrogen and oxygen atoms in total. The number of nitrogen functional groups attached to an aromatic ring is 1. The number of rotatable bonds is 2. The summed E-state index contributed by atoms with van der Waals surface area (Å²) in [6.07, 6.45) is 5.54. The van der Waals surface area contributed by atoms with E-state index in [1.807, 2.05) is 45.9 Å². The summed E-state index contributed by atoms with van der Waals surface area (Å²) >= 11 is 7.87. The molecule has 1 saturated heterocycles. The standard InChI is InChI=1S/C10H9N5S.C6H9N3.C4HClN2S.C4H8O.Na.H/c1-6-3-9(14-7(2)13-6)15-10-12-5-8(4-11)16-10;1-4-3-6(7)9-5(2)8-4;5-4-7-2-3(1-6)8-4;1-2-4-5-3-1;;/h3,5H,1-2H3,(H,12,13,14,15);3H,1-2H3,(H2,7,8,9);2H;1-4H2;;/q;;;;+1;-1. The van der Waals surface area contributed by atoms with Crippen molar-refractivity contribution in [2.75, 3.05) is 24.3 Å². The monoisotopic (exact) mass is 594 g/mol. The topological polar surface area (TPSA) is 172 Å². The fraction of sp³-hybridized carbons (Fsp3) is 0.333. The first-order chi connectivity index (χ1) is 18.2. The van der Waals surface area contributed by atoms with E-state index in [-0.39, 0.29) is 31.0 Å². The van der Waals surface area contributed by atoms with Crippen molar-refractivity contribution in [3.8, 4) is 12.1 Å². The summed E-state index contributed by atoms with van der Waals surface area (Å²) in [5, 5.41) is 20.6. The zero-order valence-corrected chi connectivity index (χ0v) is 26.8. The molecule has 0 aromatic carbocycles. The molecule has 3 N–H and O–H groups in total. The van der Waals surface area contributed by atoms with Gasteiger partial charge in [-0.05, 0) is 40.5 Å². The van der Waals surface area contributed by atoms with Crippen molar-refractivity contribution < 1.29 is 35.7 Å². The number of aromatic nitrogens is 6. The number of ether oxygens (including phenoxy) is 1. The van der Waals surface area contributed by atoms with Crippen molar-refractivity contribution in [1.29, 1.82) is 10.5 Å². The van der Waals surface area contributed by atoms with Crippen LogP contribution in [0.15, 0.2) is 24.5 Å². The van der Waals surface area contributed by atoms with Crippen molar-refractivity contribution in [3.63, 3.8) is 0 Å². The normalized spacial score (nSPS) is 11.1. The van der Waals surface area contributed by atoms with Crippen molar-refractivity contribution in [2.24, 2.45) is 0 Å². The fourth-order valence-electron chi connectivity index (χ4n) is 2.83. The van der Waals surface area contributed by atoms with E-state index in [1.54, 1.807) is 6.07 Å². The molecule has 5 rings (SSSR count). The van der Waals surface area contributed by atoms with E-state index in [4.69, 9.17) is 32.6 Å². The molecule has 0 atom stereocenters. The molecule has 0 bridgehead atoms. The molecule has 0 spiro atoms. The second-order valence-corrected chi connectivity index (χ2v) is 10.2. The van der Waals surface area contributed by atoms with Gasteiger partial charge in [0.1, 0.15) is 45.2 Å². The average Bonchev–Trinajstić information content (AvgIpc) is 3.62. The minimum Gasteiger partial charge on any atom is -1.00 e. The number of aryl methyl sites for hydroxylation is 4. The molecule has 15 heteroatoms. The maximum absolute atomic E-state index is 8.67. The van der Waals surface area contributed by atoms with Crippen LogP contribution in [0.25, 0.3) is 0 Å². The predicted molar refractivity (Wildman–Crippen MR) is 151 cm³/mol. The van der Waals surface area contributed by atoms with E-state index in [9.17, 15) is 0 Å². The first kappa shape index (κ1) is 34.3. The van der Waals surface area contributed by atoms with Crippen LogP contribution >= 0.6 is 34.3 Å². The molecule has 39 heavy (non-hydrogen) atoms. The minimum absolute atomic E-state index is 0. The Morgan fingerprint density at radius 2 is 1.46 bits per heavy atom. The van der Waals surface area contributed by atoms with Gasteiger partial charge in [0, 0.05) is 36.7 Å². The van der Waals surface area contributed by atoms with Gasteiger partial charge >= 0.3 is 29.6 Å². The van der Waals surface area contributed by atoms with E-state index in [0.29, 0.717) is 36.8 Å². The molecule has 4 aromatic heterocycles. The SMILES string of the molecule is C1CCOC1.Cc1cc(N)nc(C)n1.Cc1cc(Nc2ncc(C#N)s2)nc(C)n1.N#Cc1cnc(Cl)s1.[H-].[Na+]. The second-order valence-electron chi connectivity index (χ2n) is 7.60. The van der Waals surface area contributed by atoms with E-state index >= 15 is 0 Å². The minimum atomic E-state index is 0. The van der Waals surface area contributed by atoms with Crippen LogP contribution < -0.4 is 40.6 Å². The Hall–Kier alpha value is -2.75. The summed E-state index contributed by atoms with van der Waals surface area (Å²) in [5.41, 5.74) is 7.22. The van der Waals surface area contributed by atoms with E-state index in [1.165, 1.54) is 47.9 Å². The number of nitrogens with one attached hydrogen (secondary N) is 1. The Bertz CT molecular complexity index is 1320. The van der Waals surface area contributed by atoms with Gasteiger partial charge in [-0.15, -0.1) is 0 Å². The number of halogens is 1. The Labute approximate surface area is 264 Å². The molecule has 0 radical (unpaired) electrons. The number of thiazole rings is 2. The van der Waals surface area contributed by atoms with Crippen molar-refractivity contribution in [2.45, 2.75) is 40.5 Å². The number of anilines is 3. The van der Waals surface area contributed by atoms with Crippen LogP contribution in [-0.2, 0) is 4.74 Å². The maximum Gasteiger partial charge on any atom is 1.00 e. The third-order valence-electron chi connectivity index (χ3n) is 4.22. The number of nitrogens with zero attached hydrogens (tertiary/aromatic N) is 8. The molecule has 0 unspecified atom stereocenters. The van der Waals surface area contributed by atoms with E-state index in [2.05, 4.69) is 35.2 Å². The van der Waals surface area contributed by atoms with Gasteiger partial charge in [0.2, 0.25) is 0 Å². The summed E-state index contributed by atoms with van der Waals surface area (Å²) in [6.45, 7) is 9.46. The Morgan fingerprint density at radius 3 is 1.87 bits per heavy atom. The van der Waals surface area contributed by atoms with Gasteiger partial charge in [0.05, 0.1) is 12.4 Å². The molecule has 0 amide bonds. The Kier molecular flexibility index (Phi) is 16.3. The van der Waals surface area contributed by atoms with E-state index in [0.717, 1.165) is 30.4 Å². The van der Waals surface area contributed by atoms with Crippen LogP contribution in [0.2, 0.25) is 4.47 Å². The molecule has 4 aromatic rings. The summed E-state index contributed by atoms with van der Waals surface area (Å²) in [4.78, 5) is 25.2. The number of nitriles is 2. The van der Waals surface area contributed by atoms with Crippen LogP contribution in [0.5, 0.6) is 0 Å². The fourth-order valence-corrected chi connectivity index (χ4v) is 4.19. The largest absolute Gasteiger partial charge is 1.00 e. The third-order valence-corrected chi connectivity index (χ3v) is 6.05. The zero-order valence-electron chi connectivity index (χ0n) is 23.4. The van der Waals surface area contributed by atoms with Gasteiger partial charge in [0.15, 0.2) is 9.60 Å². The predicted octanol–water partition coefficient (Wildman–Crippen LogP) is 2.42. The molecule has 1 fully saturated rings. The smallest absolute Gasteiger partial charge is 1.00 e. The van der Waals surface area contributed by atoms with Crippen molar-refractivity contribution in [1.82, 2.24) is 29.9 Å². The maximum atomic E-state index is 8.67. The van der Waals surface area contributed by atoms with Crippen molar-refractivity contribution in [3.05, 3.63) is 61.8 Å². The molecule has 200 valence electrons. The number of hydrogen-bond acceptors (Lipinski definition) is 13. The molecule has 1 aliphatic rings. The van der Waals surface area contributed by atoms with Gasteiger partial charge in [-0.1, -0.05) is 34.3 Å². The van der Waals surface area contributed by atoms with Crippen LogP contribution in [-0.4, -0.2) is 43.1 Å². The van der Waals surface area contributed by atoms with Gasteiger partial charge < -0.3 is 17.2 Å². The number of hydrogen-bond donors (Lipinski definition) is 2. The van der Waals surface area contributed by atoms with Gasteiger partial charge in [-0.25, -0.2) is 29.9 Å². The molecular formula is C24H28ClN10NaOS2. The quantitative estimate of drug-likeness (QED) is 0.326. The summed E-state index contributed by atoms with van der Waals surface area (Å²) < 4.78 is 5.36. The Morgan fingerprint density at radius 1 is 0.897 bits per heavy atom. The van der Waals surface area contributed by atoms with Crippen LogP contribution in [0, 0.1) is 50.4 Å². The summed E-state index contributed by atoms with van der Waals surface area (Å²) in [6, 6.07) is 7.54. The molecule has 1 aliphatic heterocycles. The van der Waals surface area contributed by atoms with E-state index < -0.39 is 0 Å². The Balaban J connectivity index is 0.000000543. The molecule has 0 aliphatic carbocycles. The van der Waals surface area contributed by atoms with Gasteiger partial charge in [-0.2, -0.15) is 10.5 Å². The zero-order chi connectivity index (χ0) is 27.9. The average molecular weight is 595 g/mol. The van der Waals surface area contributed by atoms with Crippen LogP contribution in [0.1, 0.15) is 47.1 Å². The van der Waals surface area contributed by atoms with Crippen LogP contribution in [0.3, 0.4) is 0 Å². The summed E-state index contributed by atoms with van der Waals surface area (Å²) in [5.74, 6) is 2.68.